The zero-order valence-corrected chi connectivity index (χ0v) is 9.98. The second kappa shape index (κ2) is 5.46. The quantitative estimate of drug-likeness (QED) is 0.819. The standard InChI is InChI=1S/C12H21N3O/c1-10(8-13)11-9-16-12(14-11)4-7-15-5-2-3-6-15/h9-10H,2-8,13H2,1H3. The minimum absolute atomic E-state index is 0.296. The van der Waals surface area contributed by atoms with Crippen molar-refractivity contribution in [3.05, 3.63) is 17.8 Å². The molecule has 0 spiro atoms. The van der Waals surface area contributed by atoms with Gasteiger partial charge >= 0.3 is 0 Å². The van der Waals surface area contributed by atoms with Crippen molar-refractivity contribution in [1.29, 1.82) is 0 Å². The van der Waals surface area contributed by atoms with Gasteiger partial charge in [-0.2, -0.15) is 0 Å². The van der Waals surface area contributed by atoms with Gasteiger partial charge in [0, 0.05) is 25.4 Å². The molecular formula is C12H21N3O. The van der Waals surface area contributed by atoms with E-state index in [1.807, 2.05) is 0 Å². The molecule has 0 radical (unpaired) electrons. The molecule has 2 N–H and O–H groups in total. The highest BCUT2D eigenvalue weighted by molar-refractivity contribution is 5.03. The molecule has 90 valence electrons. The first-order chi connectivity index (χ1) is 7.79. The normalized spacial score (nSPS) is 19.1. The van der Waals surface area contributed by atoms with Gasteiger partial charge in [0.1, 0.15) is 6.26 Å². The predicted octanol–water partition coefficient (Wildman–Crippen LogP) is 1.38. The third-order valence-corrected chi connectivity index (χ3v) is 3.27. The van der Waals surface area contributed by atoms with Gasteiger partial charge in [-0.1, -0.05) is 6.92 Å². The lowest BCUT2D eigenvalue weighted by molar-refractivity contribution is 0.328. The monoisotopic (exact) mass is 223 g/mol. The van der Waals surface area contributed by atoms with Gasteiger partial charge < -0.3 is 15.1 Å². The molecule has 0 aromatic carbocycles. The Morgan fingerprint density at radius 2 is 2.25 bits per heavy atom. The molecule has 2 heterocycles. The van der Waals surface area contributed by atoms with Gasteiger partial charge in [0.05, 0.1) is 5.69 Å². The molecule has 0 saturated carbocycles. The second-order valence-electron chi connectivity index (χ2n) is 4.60. The van der Waals surface area contributed by atoms with Gasteiger partial charge in [0.25, 0.3) is 0 Å². The van der Waals surface area contributed by atoms with E-state index in [1.54, 1.807) is 6.26 Å². The van der Waals surface area contributed by atoms with Crippen LogP contribution in [0.15, 0.2) is 10.7 Å². The highest BCUT2D eigenvalue weighted by Gasteiger charge is 2.14. The second-order valence-corrected chi connectivity index (χ2v) is 4.60. The van der Waals surface area contributed by atoms with Crippen LogP contribution in [0, 0.1) is 0 Å². The van der Waals surface area contributed by atoms with Crippen molar-refractivity contribution in [2.24, 2.45) is 5.73 Å². The van der Waals surface area contributed by atoms with Gasteiger partial charge in [-0.15, -0.1) is 0 Å². The number of hydrogen-bond acceptors (Lipinski definition) is 4. The summed E-state index contributed by atoms with van der Waals surface area (Å²) in [5.74, 6) is 1.14. The average molecular weight is 223 g/mol. The molecule has 1 aliphatic heterocycles. The summed E-state index contributed by atoms with van der Waals surface area (Å²) in [5, 5.41) is 0. The molecule has 0 bridgehead atoms. The van der Waals surface area contributed by atoms with E-state index >= 15 is 0 Å². The maximum atomic E-state index is 5.60. The van der Waals surface area contributed by atoms with Crippen molar-refractivity contribution in [3.8, 4) is 0 Å². The predicted molar refractivity (Wildman–Crippen MR) is 63.4 cm³/mol. The van der Waals surface area contributed by atoms with Crippen molar-refractivity contribution in [2.75, 3.05) is 26.2 Å². The molecule has 1 aromatic rings. The topological polar surface area (TPSA) is 55.3 Å². The minimum atomic E-state index is 0.296. The SMILES string of the molecule is CC(CN)c1coc(CCN2CCCC2)n1. The van der Waals surface area contributed by atoms with E-state index < -0.39 is 0 Å². The van der Waals surface area contributed by atoms with Crippen LogP contribution in [0.2, 0.25) is 0 Å². The van der Waals surface area contributed by atoms with E-state index in [-0.39, 0.29) is 0 Å². The van der Waals surface area contributed by atoms with Crippen LogP contribution in [-0.2, 0) is 6.42 Å². The van der Waals surface area contributed by atoms with E-state index in [0.29, 0.717) is 12.5 Å². The number of oxazole rings is 1. The summed E-state index contributed by atoms with van der Waals surface area (Å²) >= 11 is 0. The van der Waals surface area contributed by atoms with Crippen molar-refractivity contribution in [2.45, 2.75) is 32.1 Å². The Bertz CT molecular complexity index is 318. The Morgan fingerprint density at radius 3 is 2.94 bits per heavy atom. The Morgan fingerprint density at radius 1 is 1.50 bits per heavy atom. The highest BCUT2D eigenvalue weighted by atomic mass is 16.3. The smallest absolute Gasteiger partial charge is 0.195 e. The molecular weight excluding hydrogens is 202 g/mol. The number of aromatic nitrogens is 1. The molecule has 1 aliphatic rings. The number of likely N-dealkylation sites (tertiary alicyclic amines) is 1. The van der Waals surface area contributed by atoms with Crippen molar-refractivity contribution in [3.63, 3.8) is 0 Å². The first-order valence-corrected chi connectivity index (χ1v) is 6.16. The van der Waals surface area contributed by atoms with Gasteiger partial charge in [-0.3, -0.25) is 0 Å². The van der Waals surface area contributed by atoms with Crippen LogP contribution in [0.5, 0.6) is 0 Å². The first-order valence-electron chi connectivity index (χ1n) is 6.16. The maximum Gasteiger partial charge on any atom is 0.195 e. The van der Waals surface area contributed by atoms with Crippen LogP contribution in [0.4, 0.5) is 0 Å². The summed E-state index contributed by atoms with van der Waals surface area (Å²) < 4.78 is 5.45. The van der Waals surface area contributed by atoms with E-state index in [4.69, 9.17) is 10.2 Å². The highest BCUT2D eigenvalue weighted by Crippen LogP contribution is 2.14. The summed E-state index contributed by atoms with van der Waals surface area (Å²) in [7, 11) is 0. The lowest BCUT2D eigenvalue weighted by Crippen LogP contribution is -2.22. The summed E-state index contributed by atoms with van der Waals surface area (Å²) in [5.41, 5.74) is 6.58. The summed E-state index contributed by atoms with van der Waals surface area (Å²) in [6, 6.07) is 0. The molecule has 2 rings (SSSR count). The van der Waals surface area contributed by atoms with Gasteiger partial charge in [-0.05, 0) is 25.9 Å². The summed E-state index contributed by atoms with van der Waals surface area (Å²) in [6.45, 7) is 6.22. The number of nitrogens with zero attached hydrogens (tertiary/aromatic N) is 2. The molecule has 1 unspecified atom stereocenters. The Labute approximate surface area is 96.8 Å². The fraction of sp³-hybridized carbons (Fsp3) is 0.750. The third kappa shape index (κ3) is 2.83. The van der Waals surface area contributed by atoms with E-state index in [9.17, 15) is 0 Å². The average Bonchev–Trinajstić information content (AvgIpc) is 2.96. The lowest BCUT2D eigenvalue weighted by atomic mass is 10.1. The molecule has 4 nitrogen and oxygen atoms in total. The van der Waals surface area contributed by atoms with Crippen LogP contribution < -0.4 is 5.73 Å². The fourth-order valence-electron chi connectivity index (χ4n) is 2.05. The molecule has 0 amide bonds. The van der Waals surface area contributed by atoms with E-state index in [0.717, 1.165) is 24.6 Å². The van der Waals surface area contributed by atoms with Crippen LogP contribution in [0.1, 0.15) is 37.3 Å². The molecule has 1 aromatic heterocycles. The molecule has 16 heavy (non-hydrogen) atoms. The Hall–Kier alpha value is -0.870. The fourth-order valence-corrected chi connectivity index (χ4v) is 2.05. The molecule has 4 heteroatoms. The largest absolute Gasteiger partial charge is 0.449 e. The Balaban J connectivity index is 1.82. The minimum Gasteiger partial charge on any atom is -0.449 e. The molecule has 1 atom stereocenters. The molecule has 1 saturated heterocycles. The van der Waals surface area contributed by atoms with E-state index in [1.165, 1.54) is 25.9 Å². The number of nitrogens with two attached hydrogens (primary N) is 1. The Kier molecular flexibility index (Phi) is 3.96. The van der Waals surface area contributed by atoms with Crippen LogP contribution in [0.3, 0.4) is 0 Å². The molecule has 0 aliphatic carbocycles. The number of rotatable bonds is 5. The zero-order valence-electron chi connectivity index (χ0n) is 9.98. The lowest BCUT2D eigenvalue weighted by Gasteiger charge is -2.12. The van der Waals surface area contributed by atoms with Crippen molar-refractivity contribution < 1.29 is 4.42 Å². The summed E-state index contributed by atoms with van der Waals surface area (Å²) in [6.07, 6.45) is 5.33. The van der Waals surface area contributed by atoms with Crippen LogP contribution in [-0.4, -0.2) is 36.1 Å². The van der Waals surface area contributed by atoms with Crippen molar-refractivity contribution >= 4 is 0 Å². The number of hydrogen-bond donors (Lipinski definition) is 1. The van der Waals surface area contributed by atoms with Crippen LogP contribution >= 0.6 is 0 Å². The van der Waals surface area contributed by atoms with Gasteiger partial charge in [0.2, 0.25) is 0 Å². The van der Waals surface area contributed by atoms with Gasteiger partial charge in [-0.25, -0.2) is 4.98 Å². The van der Waals surface area contributed by atoms with Crippen molar-refractivity contribution in [1.82, 2.24) is 9.88 Å². The molecule has 1 fully saturated rings. The van der Waals surface area contributed by atoms with Gasteiger partial charge in [0.15, 0.2) is 5.89 Å². The maximum absolute atomic E-state index is 5.60. The summed E-state index contributed by atoms with van der Waals surface area (Å²) in [4.78, 5) is 6.94. The third-order valence-electron chi connectivity index (χ3n) is 3.27. The van der Waals surface area contributed by atoms with Crippen LogP contribution in [0.25, 0.3) is 0 Å². The van der Waals surface area contributed by atoms with E-state index in [2.05, 4.69) is 16.8 Å². The zero-order chi connectivity index (χ0) is 11.4. The first kappa shape index (κ1) is 11.6.